The second-order valence-corrected chi connectivity index (χ2v) is 3.42. The SMILES string of the molecule is [2H]C([2H])(O)C([2H])(O)C([2H])([2H])C([2H])([2H])SC[C@H](NC(C)=O)C(=O)O. The molecule has 7 heteroatoms. The summed E-state index contributed by atoms with van der Waals surface area (Å²) in [5, 5.41) is 29.5. The number of aliphatic hydroxyl groups is 2. The minimum atomic E-state index is -3.87. The van der Waals surface area contributed by atoms with Crippen molar-refractivity contribution >= 4 is 23.6 Å². The van der Waals surface area contributed by atoms with Gasteiger partial charge in [0.2, 0.25) is 5.91 Å². The normalized spacial score (nSPS) is 25.3. The lowest BCUT2D eigenvalue weighted by Crippen LogP contribution is -2.41. The minimum absolute atomic E-state index is 0.0121. The van der Waals surface area contributed by atoms with Crippen molar-refractivity contribution in [3.63, 3.8) is 0 Å². The van der Waals surface area contributed by atoms with Crippen LogP contribution in [0, 0.1) is 0 Å². The van der Waals surface area contributed by atoms with Crippen LogP contribution in [0.25, 0.3) is 0 Å². The van der Waals surface area contributed by atoms with Crippen molar-refractivity contribution in [1.29, 1.82) is 0 Å². The van der Waals surface area contributed by atoms with E-state index in [1.54, 1.807) is 0 Å². The van der Waals surface area contributed by atoms with E-state index in [2.05, 4.69) is 0 Å². The molecule has 0 aromatic carbocycles. The lowest BCUT2D eigenvalue weighted by atomic mass is 10.3. The minimum Gasteiger partial charge on any atom is -0.480 e. The Balaban J connectivity index is 5.32. The molecule has 0 aromatic heterocycles. The fraction of sp³-hybridized carbons (Fsp3) is 0.778. The molecular weight excluding hydrogens is 234 g/mol. The summed E-state index contributed by atoms with van der Waals surface area (Å²) < 4.78 is 51.1. The molecule has 1 unspecified atom stereocenters. The Morgan fingerprint density at radius 2 is 2.25 bits per heavy atom. The fourth-order valence-corrected chi connectivity index (χ4v) is 1.30. The smallest absolute Gasteiger partial charge is 0.327 e. The number of carboxylic acids is 1. The molecule has 0 aliphatic carbocycles. The van der Waals surface area contributed by atoms with Crippen LogP contribution in [0.2, 0.25) is 0 Å². The summed E-state index contributed by atoms with van der Waals surface area (Å²) >= 11 is 0.0121. The van der Waals surface area contributed by atoms with Gasteiger partial charge >= 0.3 is 5.97 Å². The fourth-order valence-electron chi connectivity index (χ4n) is 0.657. The molecule has 6 nitrogen and oxygen atoms in total. The third kappa shape index (κ3) is 7.49. The van der Waals surface area contributed by atoms with E-state index < -0.39 is 48.4 Å². The maximum Gasteiger partial charge on any atom is 0.327 e. The highest BCUT2D eigenvalue weighted by Gasteiger charge is 2.17. The maximum atomic E-state index is 10.9. The molecular formula is C9H17NO5S. The van der Waals surface area contributed by atoms with Crippen LogP contribution in [0.5, 0.6) is 0 Å². The molecule has 4 N–H and O–H groups in total. The zero-order chi connectivity index (χ0) is 18.9. The molecule has 0 saturated heterocycles. The van der Waals surface area contributed by atoms with Gasteiger partial charge in [0, 0.05) is 18.2 Å². The third-order valence-electron chi connectivity index (χ3n) is 1.27. The second kappa shape index (κ2) is 8.37. The van der Waals surface area contributed by atoms with Gasteiger partial charge < -0.3 is 20.6 Å². The van der Waals surface area contributed by atoms with Gasteiger partial charge in [-0.1, -0.05) is 0 Å². The molecule has 0 heterocycles. The van der Waals surface area contributed by atoms with Crippen LogP contribution < -0.4 is 5.32 Å². The number of rotatable bonds is 8. The van der Waals surface area contributed by atoms with Gasteiger partial charge in [-0.05, 0) is 12.1 Å². The van der Waals surface area contributed by atoms with Gasteiger partial charge in [-0.2, -0.15) is 11.8 Å². The molecule has 0 aromatic rings. The van der Waals surface area contributed by atoms with Gasteiger partial charge in [-0.25, -0.2) is 4.79 Å². The Labute approximate surface area is 108 Å². The predicted molar refractivity (Wildman–Crippen MR) is 60.3 cm³/mol. The topological polar surface area (TPSA) is 107 Å². The molecule has 0 radical (unpaired) electrons. The lowest BCUT2D eigenvalue weighted by molar-refractivity contribution is -0.140. The van der Waals surface area contributed by atoms with Gasteiger partial charge in [0.15, 0.2) is 0 Å². The van der Waals surface area contributed by atoms with E-state index in [0.717, 1.165) is 6.92 Å². The highest BCUT2D eigenvalue weighted by atomic mass is 32.2. The van der Waals surface area contributed by atoms with Crippen LogP contribution in [0.4, 0.5) is 0 Å². The average Bonchev–Trinajstić information content (AvgIpc) is 2.31. The predicted octanol–water partition coefficient (Wildman–Crippen LogP) is -0.948. The molecule has 0 rings (SSSR count). The van der Waals surface area contributed by atoms with Crippen molar-refractivity contribution in [3.8, 4) is 0 Å². The highest BCUT2D eigenvalue weighted by Crippen LogP contribution is 2.07. The summed E-state index contributed by atoms with van der Waals surface area (Å²) in [4.78, 5) is 21.8. The first-order chi connectivity index (χ1) is 9.97. The molecule has 1 amide bonds. The zero-order valence-electron chi connectivity index (χ0n) is 15.4. The summed E-state index contributed by atoms with van der Waals surface area (Å²) in [5.41, 5.74) is -3.16. The largest absolute Gasteiger partial charge is 0.480 e. The van der Waals surface area contributed by atoms with Crippen LogP contribution in [0.15, 0.2) is 0 Å². The first kappa shape index (κ1) is 6.83. The van der Waals surface area contributed by atoms with Gasteiger partial charge in [0.1, 0.15) is 6.04 Å². The Hall–Kier alpha value is -0.790. The van der Waals surface area contributed by atoms with Crippen LogP contribution in [-0.4, -0.2) is 57.3 Å². The highest BCUT2D eigenvalue weighted by molar-refractivity contribution is 7.99. The van der Waals surface area contributed by atoms with Crippen molar-refractivity contribution in [3.05, 3.63) is 0 Å². The molecule has 0 saturated carbocycles. The van der Waals surface area contributed by atoms with Gasteiger partial charge in [-0.3, -0.25) is 4.79 Å². The zero-order valence-corrected chi connectivity index (χ0v) is 9.17. The van der Waals surface area contributed by atoms with E-state index in [4.69, 9.17) is 19.8 Å². The number of thioether (sulfide) groups is 1. The van der Waals surface area contributed by atoms with Crippen molar-refractivity contribution < 1.29 is 34.5 Å². The second-order valence-electron chi connectivity index (χ2n) is 2.59. The van der Waals surface area contributed by atoms with Crippen LogP contribution >= 0.6 is 11.8 Å². The number of aliphatic carboxylic acids is 1. The molecule has 0 spiro atoms. The Bertz CT molecular complexity index is 468. The van der Waals surface area contributed by atoms with Crippen molar-refractivity contribution in [2.24, 2.45) is 0 Å². The molecule has 0 aliphatic rings. The Kier molecular flexibility index (Phi) is 3.57. The quantitative estimate of drug-likeness (QED) is 0.447. The van der Waals surface area contributed by atoms with E-state index >= 15 is 0 Å². The summed E-state index contributed by atoms with van der Waals surface area (Å²) in [6.45, 7) is -2.76. The third-order valence-corrected chi connectivity index (χ3v) is 2.02. The Morgan fingerprint density at radius 3 is 2.69 bits per heavy atom. The van der Waals surface area contributed by atoms with Crippen molar-refractivity contribution in [2.45, 2.75) is 25.4 Å². The van der Waals surface area contributed by atoms with E-state index in [0.29, 0.717) is 0 Å². The maximum absolute atomic E-state index is 10.9. The van der Waals surface area contributed by atoms with E-state index in [1.165, 1.54) is 0 Å². The van der Waals surface area contributed by atoms with Gasteiger partial charge in [0.25, 0.3) is 0 Å². The summed E-state index contributed by atoms with van der Waals surface area (Å²) in [6, 6.07) is -1.56. The molecule has 94 valence electrons. The number of carbonyl (C=O) groups excluding carboxylic acids is 1. The van der Waals surface area contributed by atoms with Crippen molar-refractivity contribution in [1.82, 2.24) is 5.32 Å². The average molecular weight is 258 g/mol. The van der Waals surface area contributed by atoms with Gasteiger partial charge in [-0.15, -0.1) is 0 Å². The first-order valence-electron chi connectivity index (χ1n) is 7.56. The van der Waals surface area contributed by atoms with Crippen LogP contribution in [0.3, 0.4) is 0 Å². The summed E-state index contributed by atoms with van der Waals surface area (Å²) in [6.07, 6.45) is -7.49. The van der Waals surface area contributed by atoms with Crippen LogP contribution in [-0.2, 0) is 9.59 Å². The van der Waals surface area contributed by atoms with Crippen LogP contribution in [0.1, 0.15) is 22.9 Å². The molecule has 16 heavy (non-hydrogen) atoms. The number of hydrogen-bond acceptors (Lipinski definition) is 5. The summed E-state index contributed by atoms with van der Waals surface area (Å²) in [7, 11) is 0. The first-order valence-corrected chi connectivity index (χ1v) is 5.04. The van der Waals surface area contributed by atoms with E-state index in [9.17, 15) is 14.7 Å². The van der Waals surface area contributed by atoms with Crippen molar-refractivity contribution in [2.75, 3.05) is 18.0 Å². The molecule has 0 aliphatic heterocycles. The van der Waals surface area contributed by atoms with E-state index in [-0.39, 0.29) is 11.8 Å². The number of nitrogens with one attached hydrogen (secondary N) is 1. The molecule has 0 fully saturated rings. The monoisotopic (exact) mass is 258 g/mol. The lowest BCUT2D eigenvalue weighted by Gasteiger charge is -2.13. The number of amides is 1. The van der Waals surface area contributed by atoms with Gasteiger partial charge in [0.05, 0.1) is 16.8 Å². The van der Waals surface area contributed by atoms with E-state index in [1.807, 2.05) is 5.32 Å². The molecule has 2 atom stereocenters. The number of hydrogen-bond donors (Lipinski definition) is 4. The summed E-state index contributed by atoms with van der Waals surface area (Å²) in [5.74, 6) is -2.89. The number of carboxylic acid groups (broad SMARTS) is 1. The Morgan fingerprint density at radius 1 is 1.62 bits per heavy atom. The number of carbonyl (C=O) groups is 2. The standard InChI is InChI=1S/C9H17NO5S/c1-6(12)10-8(9(14)15)5-16-3-2-7(13)4-11/h7-8,11,13H,2-5H2,1H3,(H,10,12)(H,14,15)/t7?,8-/m0/s1/i2D2,3D2,4D2,7D. The molecule has 0 bridgehead atoms.